The zero-order chi connectivity index (χ0) is 26.4. The molecule has 0 spiro atoms. The molecule has 1 aromatic heterocycles. The molecule has 6 atom stereocenters. The molecule has 3 rings (SSSR count). The maximum absolute atomic E-state index is 12.7. The molecule has 1 aromatic carbocycles. The summed E-state index contributed by atoms with van der Waals surface area (Å²) in [5, 5.41) is 41.4. The summed E-state index contributed by atoms with van der Waals surface area (Å²) in [5.41, 5.74) is 2.43. The van der Waals surface area contributed by atoms with Gasteiger partial charge in [-0.1, -0.05) is 46.2 Å². The van der Waals surface area contributed by atoms with Crippen LogP contribution < -0.4 is 0 Å². The molecule has 0 fully saturated rings. The molecular weight excluding hydrogens is 462 g/mol. The van der Waals surface area contributed by atoms with Crippen molar-refractivity contribution in [1.29, 1.82) is 0 Å². The number of benzene rings is 1. The number of aromatic hydroxyl groups is 1. The normalized spacial score (nSPS) is 19.8. The summed E-state index contributed by atoms with van der Waals surface area (Å²) in [6.07, 6.45) is 3.11. The number of aliphatic hydroxyl groups is 3. The second kappa shape index (κ2) is 12.7. The van der Waals surface area contributed by atoms with E-state index in [0.717, 1.165) is 17.5 Å². The predicted octanol–water partition coefficient (Wildman–Crippen LogP) is 3.74. The van der Waals surface area contributed by atoms with Gasteiger partial charge in [-0.3, -0.25) is 0 Å². The highest BCUT2D eigenvalue weighted by molar-refractivity contribution is 5.95. The summed E-state index contributed by atoms with van der Waals surface area (Å²) in [6.45, 7) is 7.86. The Hall–Kier alpha value is -2.42. The first kappa shape index (κ1) is 28.2. The van der Waals surface area contributed by atoms with Crippen LogP contribution in [0.25, 0.3) is 0 Å². The van der Waals surface area contributed by atoms with Gasteiger partial charge in [0, 0.05) is 18.8 Å². The van der Waals surface area contributed by atoms with Crippen LogP contribution in [0.5, 0.6) is 5.75 Å². The van der Waals surface area contributed by atoms with Gasteiger partial charge in [0.05, 0.1) is 30.4 Å². The molecule has 0 unspecified atom stereocenters. The fraction of sp³-hybridized carbons (Fsp3) is 0.643. The molecule has 0 amide bonds. The number of oxazole rings is 1. The van der Waals surface area contributed by atoms with Crippen molar-refractivity contribution in [2.75, 3.05) is 0 Å². The van der Waals surface area contributed by atoms with Gasteiger partial charge in [-0.2, -0.15) is 0 Å². The Morgan fingerprint density at radius 1 is 1.08 bits per heavy atom. The fourth-order valence-corrected chi connectivity index (χ4v) is 4.67. The molecule has 2 aromatic rings. The topological polar surface area (TPSA) is 133 Å². The first-order chi connectivity index (χ1) is 17.1. The van der Waals surface area contributed by atoms with Gasteiger partial charge in [0.15, 0.2) is 5.89 Å². The molecule has 0 aliphatic carbocycles. The van der Waals surface area contributed by atoms with Gasteiger partial charge >= 0.3 is 5.97 Å². The lowest BCUT2D eigenvalue weighted by atomic mass is 9.90. The summed E-state index contributed by atoms with van der Waals surface area (Å²) in [6, 6.07) is 3.77. The van der Waals surface area contributed by atoms with Crippen LogP contribution in [-0.4, -0.2) is 55.8 Å². The minimum atomic E-state index is -0.758. The number of aromatic nitrogens is 1. The Labute approximate surface area is 213 Å². The highest BCUT2D eigenvalue weighted by Crippen LogP contribution is 2.34. The predicted molar refractivity (Wildman–Crippen MR) is 135 cm³/mol. The van der Waals surface area contributed by atoms with Crippen LogP contribution in [-0.2, 0) is 30.4 Å². The van der Waals surface area contributed by atoms with Crippen LogP contribution in [0, 0.1) is 11.8 Å². The molecular formula is C28H41NO7. The summed E-state index contributed by atoms with van der Waals surface area (Å²) < 4.78 is 11.0. The molecule has 36 heavy (non-hydrogen) atoms. The van der Waals surface area contributed by atoms with Gasteiger partial charge < -0.3 is 29.6 Å². The van der Waals surface area contributed by atoms with E-state index >= 15 is 0 Å². The third-order valence-electron chi connectivity index (χ3n) is 7.42. The number of fused-ring (bicyclic) bond motifs is 1. The van der Waals surface area contributed by atoms with E-state index in [1.54, 1.807) is 6.92 Å². The van der Waals surface area contributed by atoms with Crippen LogP contribution >= 0.6 is 0 Å². The zero-order valence-corrected chi connectivity index (χ0v) is 21.8. The van der Waals surface area contributed by atoms with E-state index in [2.05, 4.69) is 18.8 Å². The Kier molecular flexibility index (Phi) is 9.93. The fourth-order valence-electron chi connectivity index (χ4n) is 4.67. The van der Waals surface area contributed by atoms with Gasteiger partial charge in [0.1, 0.15) is 23.7 Å². The van der Waals surface area contributed by atoms with E-state index in [-0.39, 0.29) is 30.1 Å². The van der Waals surface area contributed by atoms with Gasteiger partial charge in [0.2, 0.25) is 0 Å². The lowest BCUT2D eigenvalue weighted by Gasteiger charge is -2.27. The van der Waals surface area contributed by atoms with Crippen LogP contribution in [0.4, 0.5) is 0 Å². The summed E-state index contributed by atoms with van der Waals surface area (Å²) in [4.78, 5) is 17.1. The van der Waals surface area contributed by atoms with E-state index < -0.39 is 30.4 Å². The number of rotatable bonds is 13. The Morgan fingerprint density at radius 3 is 2.53 bits per heavy atom. The summed E-state index contributed by atoms with van der Waals surface area (Å²) in [5.74, 6) is -0.0161. The minimum Gasteiger partial charge on any atom is -0.507 e. The number of carbonyl (C=O) groups excluding carboxylic acids is 1. The second-order valence-corrected chi connectivity index (χ2v) is 10.3. The average molecular weight is 504 g/mol. The number of nitrogens with zero attached hydrogens (tertiary/aromatic N) is 1. The van der Waals surface area contributed by atoms with Crippen molar-refractivity contribution < 1.29 is 34.4 Å². The quantitative estimate of drug-likeness (QED) is 0.304. The van der Waals surface area contributed by atoms with Crippen LogP contribution in [0.2, 0.25) is 0 Å². The molecule has 8 nitrogen and oxygen atoms in total. The van der Waals surface area contributed by atoms with Gasteiger partial charge in [-0.15, -0.1) is 0 Å². The number of aliphatic hydroxyl groups excluding tert-OH is 3. The van der Waals surface area contributed by atoms with Gasteiger partial charge in [-0.25, -0.2) is 9.78 Å². The smallest absolute Gasteiger partial charge is 0.342 e. The van der Waals surface area contributed by atoms with Gasteiger partial charge in [0.25, 0.3) is 0 Å². The third-order valence-corrected chi connectivity index (χ3v) is 7.42. The molecule has 0 bridgehead atoms. The number of cyclic esters (lactones) is 1. The van der Waals surface area contributed by atoms with Crippen LogP contribution in [0.15, 0.2) is 22.8 Å². The van der Waals surface area contributed by atoms with E-state index in [1.807, 2.05) is 19.1 Å². The van der Waals surface area contributed by atoms with Gasteiger partial charge in [-0.05, 0) is 42.7 Å². The van der Waals surface area contributed by atoms with Crippen LogP contribution in [0.1, 0.15) is 86.4 Å². The van der Waals surface area contributed by atoms with Crippen molar-refractivity contribution in [3.8, 4) is 5.75 Å². The molecule has 0 saturated carbocycles. The monoisotopic (exact) mass is 503 g/mol. The number of aryl methyl sites for hydroxylation is 1. The number of ether oxygens (including phenoxy) is 1. The highest BCUT2D eigenvalue weighted by Gasteiger charge is 2.31. The zero-order valence-electron chi connectivity index (χ0n) is 21.8. The Balaban J connectivity index is 1.51. The lowest BCUT2D eigenvalue weighted by molar-refractivity contribution is 0.00876. The van der Waals surface area contributed by atoms with Crippen molar-refractivity contribution >= 4 is 5.97 Å². The molecule has 1 aliphatic rings. The van der Waals surface area contributed by atoms with Crippen molar-refractivity contribution in [1.82, 2.24) is 4.98 Å². The molecule has 8 heteroatoms. The lowest BCUT2D eigenvalue weighted by Crippen LogP contribution is -2.31. The molecule has 1 aliphatic heterocycles. The van der Waals surface area contributed by atoms with Crippen molar-refractivity contribution in [2.24, 2.45) is 11.8 Å². The first-order valence-electron chi connectivity index (χ1n) is 13.1. The van der Waals surface area contributed by atoms with Crippen molar-refractivity contribution in [3.63, 3.8) is 0 Å². The molecule has 4 N–H and O–H groups in total. The van der Waals surface area contributed by atoms with E-state index in [4.69, 9.17) is 9.15 Å². The number of hydrogen-bond acceptors (Lipinski definition) is 8. The third kappa shape index (κ3) is 7.08. The SMILES string of the molecule is CC[C@H](C)Cc1ccc2c(c1O)C(=O)O[C@H](C[C@@H](O)CCc1coc(C[C@H](O)[C@H](C)[C@H](O)CC)n1)C2. The highest BCUT2D eigenvalue weighted by atomic mass is 16.5. The van der Waals surface area contributed by atoms with E-state index in [9.17, 15) is 25.2 Å². The Bertz CT molecular complexity index is 1000. The van der Waals surface area contributed by atoms with E-state index in [0.29, 0.717) is 49.6 Å². The number of hydrogen-bond donors (Lipinski definition) is 4. The standard InChI is InChI=1S/C28H41NO7/c1-5-16(3)11-19-8-7-18-12-22(36-28(34)26(18)27(19)33)13-21(30)10-9-20-15-35-25(29-20)14-24(32)17(4)23(31)6-2/h7-8,15-17,21-24,30-33H,5-6,9-14H2,1-4H3/t16-,17+,21-,22-,23+,24-/m0/s1. The van der Waals surface area contributed by atoms with E-state index in [1.165, 1.54) is 6.26 Å². The average Bonchev–Trinajstić information content (AvgIpc) is 3.30. The molecule has 0 saturated heterocycles. The first-order valence-corrected chi connectivity index (χ1v) is 13.1. The molecule has 0 radical (unpaired) electrons. The number of carbonyl (C=O) groups is 1. The largest absolute Gasteiger partial charge is 0.507 e. The molecule has 2 heterocycles. The minimum absolute atomic E-state index is 0.0161. The Morgan fingerprint density at radius 2 is 1.83 bits per heavy atom. The van der Waals surface area contributed by atoms with Crippen molar-refractivity contribution in [3.05, 3.63) is 46.7 Å². The maximum Gasteiger partial charge on any atom is 0.342 e. The summed E-state index contributed by atoms with van der Waals surface area (Å²) >= 11 is 0. The summed E-state index contributed by atoms with van der Waals surface area (Å²) in [7, 11) is 0. The second-order valence-electron chi connectivity index (χ2n) is 10.3. The molecule has 200 valence electrons. The number of phenols is 1. The van der Waals surface area contributed by atoms with Crippen molar-refractivity contribution in [2.45, 2.75) is 103 Å². The van der Waals surface area contributed by atoms with Crippen LogP contribution in [0.3, 0.4) is 0 Å². The maximum atomic E-state index is 12.7. The number of esters is 1. The number of phenolic OH excluding ortho intramolecular Hbond substituents is 1.